The normalized spacial score (nSPS) is 12.5. The lowest BCUT2D eigenvalue weighted by Gasteiger charge is -2.16. The summed E-state index contributed by atoms with van der Waals surface area (Å²) in [6.07, 6.45) is -4.50. The van der Waals surface area contributed by atoms with Crippen molar-refractivity contribution in [2.24, 2.45) is 0 Å². The molecule has 1 amide bonds. The SMILES string of the molecule is C[C@H](NC(=O)c1ccc(Br)cc1[N+](=O)[O-])c1cccc(C(F)(F)F)c1. The number of nitro groups is 1. The molecule has 2 aromatic rings. The minimum absolute atomic E-state index is 0.174. The van der Waals surface area contributed by atoms with Crippen LogP contribution >= 0.6 is 15.9 Å². The van der Waals surface area contributed by atoms with Gasteiger partial charge >= 0.3 is 6.18 Å². The molecule has 2 aromatic carbocycles. The Morgan fingerprint density at radius 1 is 1.24 bits per heavy atom. The van der Waals surface area contributed by atoms with Crippen LogP contribution in [0, 0.1) is 10.1 Å². The fourth-order valence-corrected chi connectivity index (χ4v) is 2.54. The first-order valence-corrected chi connectivity index (χ1v) is 7.81. The molecule has 0 aliphatic carbocycles. The van der Waals surface area contributed by atoms with E-state index >= 15 is 0 Å². The molecule has 0 aliphatic rings. The predicted octanol–water partition coefficient (Wildman–Crippen LogP) is 4.87. The molecule has 0 bridgehead atoms. The van der Waals surface area contributed by atoms with E-state index < -0.39 is 34.3 Å². The molecular weight excluding hydrogens is 405 g/mol. The summed E-state index contributed by atoms with van der Waals surface area (Å²) in [6.45, 7) is 1.50. The quantitative estimate of drug-likeness (QED) is 0.570. The van der Waals surface area contributed by atoms with Crippen molar-refractivity contribution >= 4 is 27.5 Å². The van der Waals surface area contributed by atoms with E-state index in [9.17, 15) is 28.1 Å². The van der Waals surface area contributed by atoms with Gasteiger partial charge in [-0.25, -0.2) is 0 Å². The van der Waals surface area contributed by atoms with E-state index in [0.29, 0.717) is 4.47 Å². The van der Waals surface area contributed by atoms with E-state index in [4.69, 9.17) is 0 Å². The second-order valence-electron chi connectivity index (χ2n) is 5.24. The topological polar surface area (TPSA) is 72.2 Å². The summed E-state index contributed by atoms with van der Waals surface area (Å²) < 4.78 is 38.7. The van der Waals surface area contributed by atoms with Crippen molar-refractivity contribution in [1.29, 1.82) is 0 Å². The number of nitro benzene ring substituents is 1. The smallest absolute Gasteiger partial charge is 0.345 e. The zero-order valence-electron chi connectivity index (χ0n) is 12.8. The van der Waals surface area contributed by atoms with Crippen molar-refractivity contribution in [3.63, 3.8) is 0 Å². The van der Waals surface area contributed by atoms with Gasteiger partial charge in [-0.2, -0.15) is 13.2 Å². The van der Waals surface area contributed by atoms with Gasteiger partial charge in [0.05, 0.1) is 16.5 Å². The highest BCUT2D eigenvalue weighted by Crippen LogP contribution is 2.31. The lowest BCUT2D eigenvalue weighted by molar-refractivity contribution is -0.385. The van der Waals surface area contributed by atoms with Crippen LogP contribution in [0.25, 0.3) is 0 Å². The van der Waals surface area contributed by atoms with Gasteiger partial charge in [-0.1, -0.05) is 28.1 Å². The Morgan fingerprint density at radius 2 is 1.92 bits per heavy atom. The maximum atomic E-state index is 12.8. The molecule has 0 spiro atoms. The molecule has 9 heteroatoms. The first kappa shape index (κ1) is 18.9. The van der Waals surface area contributed by atoms with E-state index in [0.717, 1.165) is 12.1 Å². The van der Waals surface area contributed by atoms with Gasteiger partial charge in [0.25, 0.3) is 11.6 Å². The molecule has 0 aromatic heterocycles. The van der Waals surface area contributed by atoms with E-state index in [1.54, 1.807) is 0 Å². The predicted molar refractivity (Wildman–Crippen MR) is 88.1 cm³/mol. The maximum absolute atomic E-state index is 12.8. The molecule has 0 saturated heterocycles. The van der Waals surface area contributed by atoms with Gasteiger partial charge in [0.1, 0.15) is 5.56 Å². The number of amides is 1. The zero-order chi connectivity index (χ0) is 18.8. The van der Waals surface area contributed by atoms with E-state index in [1.807, 2.05) is 0 Å². The third-order valence-electron chi connectivity index (χ3n) is 3.46. The van der Waals surface area contributed by atoms with Crippen LogP contribution in [0.1, 0.15) is 34.5 Å². The van der Waals surface area contributed by atoms with Crippen molar-refractivity contribution in [3.8, 4) is 0 Å². The number of nitrogens with zero attached hydrogens (tertiary/aromatic N) is 1. The number of carbonyl (C=O) groups is 1. The Morgan fingerprint density at radius 3 is 2.52 bits per heavy atom. The minimum atomic E-state index is -4.50. The van der Waals surface area contributed by atoms with Crippen molar-refractivity contribution in [3.05, 3.63) is 73.7 Å². The third-order valence-corrected chi connectivity index (χ3v) is 3.96. The molecule has 132 valence electrons. The largest absolute Gasteiger partial charge is 0.416 e. The molecule has 5 nitrogen and oxygen atoms in total. The van der Waals surface area contributed by atoms with Gasteiger partial charge in [-0.15, -0.1) is 0 Å². The number of hydrogen-bond acceptors (Lipinski definition) is 3. The molecule has 1 N–H and O–H groups in total. The Labute approximate surface area is 149 Å². The van der Waals surface area contributed by atoms with Gasteiger partial charge in [-0.05, 0) is 36.8 Å². The van der Waals surface area contributed by atoms with Crippen molar-refractivity contribution in [1.82, 2.24) is 5.32 Å². The Hall–Kier alpha value is -2.42. The Kier molecular flexibility index (Phi) is 5.46. The number of alkyl halides is 3. The summed E-state index contributed by atoms with van der Waals surface area (Å²) in [5, 5.41) is 13.5. The fourth-order valence-electron chi connectivity index (χ4n) is 2.19. The van der Waals surface area contributed by atoms with Gasteiger partial charge in [-0.3, -0.25) is 14.9 Å². The lowest BCUT2D eigenvalue weighted by Crippen LogP contribution is -2.27. The number of carbonyl (C=O) groups excluding carboxylic acids is 1. The number of rotatable bonds is 4. The average molecular weight is 417 g/mol. The number of hydrogen-bond donors (Lipinski definition) is 1. The number of benzene rings is 2. The Bertz CT molecular complexity index is 825. The molecule has 0 unspecified atom stereocenters. The molecule has 1 atom stereocenters. The first-order valence-electron chi connectivity index (χ1n) is 7.01. The van der Waals surface area contributed by atoms with Crippen LogP contribution in [0.4, 0.5) is 18.9 Å². The summed E-state index contributed by atoms with van der Waals surface area (Å²) >= 11 is 3.09. The summed E-state index contributed by atoms with van der Waals surface area (Å²) in [5.41, 5.74) is -1.17. The molecule has 0 radical (unpaired) electrons. The first-order chi connectivity index (χ1) is 11.6. The van der Waals surface area contributed by atoms with Crippen LogP contribution in [0.5, 0.6) is 0 Å². The third kappa shape index (κ3) is 4.56. The fraction of sp³-hybridized carbons (Fsp3) is 0.188. The second kappa shape index (κ2) is 7.22. The molecule has 25 heavy (non-hydrogen) atoms. The van der Waals surface area contributed by atoms with Gasteiger partial charge in [0, 0.05) is 10.5 Å². The molecule has 0 saturated carbocycles. The minimum Gasteiger partial charge on any atom is -0.345 e. The average Bonchev–Trinajstić information content (AvgIpc) is 2.53. The molecular formula is C16H12BrF3N2O3. The van der Waals surface area contributed by atoms with Crippen LogP contribution in [0.2, 0.25) is 0 Å². The van der Waals surface area contributed by atoms with E-state index in [-0.39, 0.29) is 11.1 Å². The summed E-state index contributed by atoms with van der Waals surface area (Å²) in [4.78, 5) is 22.7. The Balaban J connectivity index is 2.26. The van der Waals surface area contributed by atoms with Crippen LogP contribution in [0.3, 0.4) is 0 Å². The maximum Gasteiger partial charge on any atom is 0.416 e. The lowest BCUT2D eigenvalue weighted by atomic mass is 10.0. The summed E-state index contributed by atoms with van der Waals surface area (Å²) in [6, 6.07) is 7.70. The molecule has 0 heterocycles. The molecule has 2 rings (SSSR count). The van der Waals surface area contributed by atoms with Gasteiger partial charge in [0.2, 0.25) is 0 Å². The number of halogens is 4. The van der Waals surface area contributed by atoms with Crippen molar-refractivity contribution in [2.45, 2.75) is 19.1 Å². The van der Waals surface area contributed by atoms with E-state index in [2.05, 4.69) is 21.2 Å². The van der Waals surface area contributed by atoms with Crippen LogP contribution in [-0.4, -0.2) is 10.8 Å². The monoisotopic (exact) mass is 416 g/mol. The zero-order valence-corrected chi connectivity index (χ0v) is 14.4. The number of nitrogens with one attached hydrogen (secondary N) is 1. The van der Waals surface area contributed by atoms with Gasteiger partial charge < -0.3 is 5.32 Å². The van der Waals surface area contributed by atoms with Crippen LogP contribution in [0.15, 0.2) is 46.9 Å². The highest BCUT2D eigenvalue weighted by Gasteiger charge is 2.31. The van der Waals surface area contributed by atoms with Gasteiger partial charge in [0.15, 0.2) is 0 Å². The summed E-state index contributed by atoms with van der Waals surface area (Å²) in [7, 11) is 0. The highest BCUT2D eigenvalue weighted by molar-refractivity contribution is 9.10. The summed E-state index contributed by atoms with van der Waals surface area (Å²) in [5.74, 6) is -0.746. The van der Waals surface area contributed by atoms with Crippen LogP contribution < -0.4 is 5.32 Å². The van der Waals surface area contributed by atoms with E-state index in [1.165, 1.54) is 37.3 Å². The van der Waals surface area contributed by atoms with Crippen LogP contribution in [-0.2, 0) is 6.18 Å². The van der Waals surface area contributed by atoms with Crippen molar-refractivity contribution in [2.75, 3.05) is 0 Å². The standard InChI is InChI=1S/C16H12BrF3N2O3/c1-9(10-3-2-4-11(7-10)16(18,19)20)21-15(23)13-6-5-12(17)8-14(13)22(24)25/h2-9H,1H3,(H,21,23)/t9-/m0/s1. The molecule has 0 fully saturated rings. The van der Waals surface area contributed by atoms with Crippen molar-refractivity contribution < 1.29 is 22.9 Å². The second-order valence-corrected chi connectivity index (χ2v) is 6.15. The molecule has 0 aliphatic heterocycles. The highest BCUT2D eigenvalue weighted by atomic mass is 79.9.